The second kappa shape index (κ2) is 8.37. The Morgan fingerprint density at radius 2 is 1.83 bits per heavy atom. The Hall–Kier alpha value is -2.86. The molecular formula is C24H22F2N2O6S. The summed E-state index contributed by atoms with van der Waals surface area (Å²) in [6, 6.07) is 7.84. The summed E-state index contributed by atoms with van der Waals surface area (Å²) in [4.78, 5) is 6.97. The van der Waals surface area contributed by atoms with Crippen LogP contribution in [0.1, 0.15) is 12.0 Å². The molecule has 184 valence electrons. The van der Waals surface area contributed by atoms with E-state index >= 15 is 4.39 Å². The number of aromatic amines is 1. The molecule has 0 spiro atoms. The Balaban J connectivity index is 1.27. The second-order valence-corrected chi connectivity index (χ2v) is 11.2. The standard InChI is InChI=1S/C24H22F2N2O6S/c25-15-9-16-21(28-24(27-16)34-18-11-33-22-17(29)10-32-23(18)22)20(26)19(15)14-3-1-12(2-4-14)13-5-7-35(30,31)8-6-13/h1-5,9,17-18,22-23,29H,6-8,10-11H2,(H,27,28)/t17-,18-,22-,23-/m1/s1. The van der Waals surface area contributed by atoms with Gasteiger partial charge in [-0.25, -0.2) is 17.2 Å². The first-order chi connectivity index (χ1) is 16.8. The van der Waals surface area contributed by atoms with Crippen LogP contribution in [0.15, 0.2) is 36.4 Å². The fourth-order valence-electron chi connectivity index (χ4n) is 4.86. The first kappa shape index (κ1) is 22.6. The van der Waals surface area contributed by atoms with E-state index in [0.717, 1.165) is 11.1 Å². The van der Waals surface area contributed by atoms with Gasteiger partial charge in [0.2, 0.25) is 0 Å². The molecule has 0 aliphatic carbocycles. The lowest BCUT2D eigenvalue weighted by Gasteiger charge is -2.15. The van der Waals surface area contributed by atoms with E-state index < -0.39 is 45.9 Å². The van der Waals surface area contributed by atoms with Crippen LogP contribution in [0.3, 0.4) is 0 Å². The molecular weight excluding hydrogens is 482 g/mol. The molecule has 4 heterocycles. The molecule has 35 heavy (non-hydrogen) atoms. The molecule has 2 N–H and O–H groups in total. The number of benzene rings is 2. The van der Waals surface area contributed by atoms with Crippen molar-refractivity contribution in [3.8, 4) is 17.1 Å². The van der Waals surface area contributed by atoms with Gasteiger partial charge in [0.25, 0.3) is 6.01 Å². The van der Waals surface area contributed by atoms with E-state index in [4.69, 9.17) is 14.2 Å². The van der Waals surface area contributed by atoms with Gasteiger partial charge in [-0.1, -0.05) is 30.3 Å². The third-order valence-corrected chi connectivity index (χ3v) is 8.20. The van der Waals surface area contributed by atoms with Crippen LogP contribution < -0.4 is 4.74 Å². The molecule has 2 fully saturated rings. The number of hydrogen-bond acceptors (Lipinski definition) is 7. The monoisotopic (exact) mass is 504 g/mol. The van der Waals surface area contributed by atoms with Gasteiger partial charge in [0.05, 0.1) is 35.8 Å². The van der Waals surface area contributed by atoms with Crippen molar-refractivity contribution < 1.29 is 36.5 Å². The quantitative estimate of drug-likeness (QED) is 0.562. The van der Waals surface area contributed by atoms with Crippen molar-refractivity contribution in [3.05, 3.63) is 53.6 Å². The van der Waals surface area contributed by atoms with Gasteiger partial charge in [0.1, 0.15) is 29.6 Å². The van der Waals surface area contributed by atoms with Gasteiger partial charge in [-0.05, 0) is 23.1 Å². The van der Waals surface area contributed by atoms with Gasteiger partial charge in [0, 0.05) is 6.07 Å². The third-order valence-electron chi connectivity index (χ3n) is 6.70. The second-order valence-electron chi connectivity index (χ2n) is 8.98. The highest BCUT2D eigenvalue weighted by atomic mass is 32.2. The highest BCUT2D eigenvalue weighted by molar-refractivity contribution is 7.91. The normalized spacial score (nSPS) is 27.7. The summed E-state index contributed by atoms with van der Waals surface area (Å²) < 4.78 is 70.5. The van der Waals surface area contributed by atoms with Crippen LogP contribution >= 0.6 is 0 Å². The number of aromatic nitrogens is 2. The fourth-order valence-corrected chi connectivity index (χ4v) is 6.01. The molecule has 8 nitrogen and oxygen atoms in total. The zero-order valence-corrected chi connectivity index (χ0v) is 19.2. The van der Waals surface area contributed by atoms with Crippen LogP contribution in [0, 0.1) is 11.6 Å². The molecule has 0 saturated carbocycles. The van der Waals surface area contributed by atoms with Gasteiger partial charge in [-0.2, -0.15) is 4.98 Å². The number of nitrogens with zero attached hydrogens (tertiary/aromatic N) is 1. The van der Waals surface area contributed by atoms with E-state index in [9.17, 15) is 17.9 Å². The smallest absolute Gasteiger partial charge is 0.295 e. The van der Waals surface area contributed by atoms with Gasteiger partial charge < -0.3 is 24.3 Å². The van der Waals surface area contributed by atoms with E-state index in [-0.39, 0.29) is 47.3 Å². The Labute approximate surface area is 199 Å². The Kier molecular flexibility index (Phi) is 5.40. The Morgan fingerprint density at radius 1 is 1.09 bits per heavy atom. The number of imidazole rings is 1. The highest BCUT2D eigenvalue weighted by Crippen LogP contribution is 2.35. The summed E-state index contributed by atoms with van der Waals surface area (Å²) in [5, 5.41) is 9.87. The zero-order valence-electron chi connectivity index (χ0n) is 18.4. The average Bonchev–Trinajstić information content (AvgIpc) is 3.52. The predicted octanol–water partition coefficient (Wildman–Crippen LogP) is 2.62. The molecule has 3 aliphatic rings. The van der Waals surface area contributed by atoms with Gasteiger partial charge >= 0.3 is 0 Å². The molecule has 6 rings (SSSR count). The topological polar surface area (TPSA) is 111 Å². The van der Waals surface area contributed by atoms with Crippen molar-refractivity contribution in [2.45, 2.75) is 30.8 Å². The minimum atomic E-state index is -3.04. The summed E-state index contributed by atoms with van der Waals surface area (Å²) in [6.07, 6.45) is -0.130. The molecule has 0 unspecified atom stereocenters. The number of H-pyrrole nitrogens is 1. The Bertz CT molecular complexity index is 1440. The minimum absolute atomic E-state index is 0.00391. The van der Waals surface area contributed by atoms with Crippen molar-refractivity contribution in [2.75, 3.05) is 24.7 Å². The fraction of sp³-hybridized carbons (Fsp3) is 0.375. The van der Waals surface area contributed by atoms with Gasteiger partial charge in [-0.3, -0.25) is 0 Å². The minimum Gasteiger partial charge on any atom is -0.456 e. The summed E-state index contributed by atoms with van der Waals surface area (Å²) in [6.45, 7) is 0.327. The molecule has 11 heteroatoms. The molecule has 2 saturated heterocycles. The molecule has 2 aromatic carbocycles. The number of halogens is 2. The number of ether oxygens (including phenoxy) is 3. The third kappa shape index (κ3) is 4.02. The molecule has 3 aliphatic heterocycles. The molecule has 3 aromatic rings. The molecule has 1 aromatic heterocycles. The van der Waals surface area contributed by atoms with Crippen molar-refractivity contribution in [2.24, 2.45) is 0 Å². The van der Waals surface area contributed by atoms with E-state index in [0.29, 0.717) is 12.0 Å². The molecule has 0 amide bonds. The Morgan fingerprint density at radius 3 is 2.57 bits per heavy atom. The summed E-state index contributed by atoms with van der Waals surface area (Å²) in [7, 11) is -3.04. The summed E-state index contributed by atoms with van der Waals surface area (Å²) >= 11 is 0. The van der Waals surface area contributed by atoms with Crippen molar-refractivity contribution in [1.82, 2.24) is 9.97 Å². The molecule has 4 atom stereocenters. The van der Waals surface area contributed by atoms with Crippen molar-refractivity contribution in [1.29, 1.82) is 0 Å². The van der Waals surface area contributed by atoms with Crippen LogP contribution in [0.25, 0.3) is 27.7 Å². The number of fused-ring (bicyclic) bond motifs is 2. The van der Waals surface area contributed by atoms with Crippen LogP contribution in [-0.4, -0.2) is 72.6 Å². The SMILES string of the molecule is O=S1(=O)CC=C(c2ccc(-c3c(F)cc4[nH]c(O[C@@H]5CO[C@H]6[C@@H]5OC[C@H]6O)nc4c3F)cc2)CC1. The number of rotatable bonds is 4. The number of aliphatic hydroxyl groups excluding tert-OH is 1. The van der Waals surface area contributed by atoms with Crippen LogP contribution in [0.5, 0.6) is 6.01 Å². The number of aliphatic hydroxyl groups is 1. The van der Waals surface area contributed by atoms with E-state index in [1.54, 1.807) is 30.3 Å². The predicted molar refractivity (Wildman–Crippen MR) is 123 cm³/mol. The van der Waals surface area contributed by atoms with E-state index in [2.05, 4.69) is 9.97 Å². The molecule has 0 radical (unpaired) electrons. The summed E-state index contributed by atoms with van der Waals surface area (Å²) in [5.74, 6) is -1.50. The number of allylic oxidation sites excluding steroid dienone is 1. The lowest BCUT2D eigenvalue weighted by atomic mass is 9.98. The number of sulfone groups is 1. The van der Waals surface area contributed by atoms with Crippen LogP contribution in [0.4, 0.5) is 8.78 Å². The van der Waals surface area contributed by atoms with Gasteiger partial charge in [-0.15, -0.1) is 0 Å². The van der Waals surface area contributed by atoms with Gasteiger partial charge in [0.15, 0.2) is 21.8 Å². The lowest BCUT2D eigenvalue weighted by molar-refractivity contribution is 0.00706. The first-order valence-electron chi connectivity index (χ1n) is 11.2. The summed E-state index contributed by atoms with van der Waals surface area (Å²) in [5.41, 5.74) is 1.91. The van der Waals surface area contributed by atoms with E-state index in [1.165, 1.54) is 6.07 Å². The first-order valence-corrected chi connectivity index (χ1v) is 13.1. The number of hydrogen-bond donors (Lipinski definition) is 2. The maximum Gasteiger partial charge on any atom is 0.295 e. The molecule has 0 bridgehead atoms. The lowest BCUT2D eigenvalue weighted by Crippen LogP contribution is -2.34. The van der Waals surface area contributed by atoms with Crippen molar-refractivity contribution >= 4 is 26.4 Å². The van der Waals surface area contributed by atoms with Crippen molar-refractivity contribution in [3.63, 3.8) is 0 Å². The highest BCUT2D eigenvalue weighted by Gasteiger charge is 2.48. The average molecular weight is 505 g/mol. The van der Waals surface area contributed by atoms with Crippen LogP contribution in [0.2, 0.25) is 0 Å². The maximum absolute atomic E-state index is 15.4. The number of nitrogens with one attached hydrogen (secondary N) is 1. The largest absolute Gasteiger partial charge is 0.456 e. The van der Waals surface area contributed by atoms with E-state index in [1.807, 2.05) is 0 Å². The zero-order chi connectivity index (χ0) is 24.3. The van der Waals surface area contributed by atoms with Crippen LogP contribution in [-0.2, 0) is 19.3 Å². The maximum atomic E-state index is 15.4.